The van der Waals surface area contributed by atoms with Gasteiger partial charge in [-0.3, -0.25) is 4.79 Å². The molecule has 1 amide bonds. The standard InChI is InChI=1S/C20H26N4O3.ClH/c1-5-26-16-12-20(21,19(16,3)4)17(25)24-15-8-7-14(11-13(15)2)27-18-22-9-6-10-23-18;/h6-11,16H,5,12,21H2,1-4H3,(H,24,25);1H. The Labute approximate surface area is 171 Å². The Hall–Kier alpha value is -2.22. The molecule has 0 radical (unpaired) electrons. The molecule has 1 fully saturated rings. The van der Waals surface area contributed by atoms with Crippen molar-refractivity contribution in [3.63, 3.8) is 0 Å². The topological polar surface area (TPSA) is 99.4 Å². The molecule has 0 aliphatic heterocycles. The Morgan fingerprint density at radius 2 is 2.00 bits per heavy atom. The van der Waals surface area contributed by atoms with Gasteiger partial charge in [0.2, 0.25) is 5.91 Å². The summed E-state index contributed by atoms with van der Waals surface area (Å²) in [6.07, 6.45) is 3.72. The first-order chi connectivity index (χ1) is 12.8. The van der Waals surface area contributed by atoms with Crippen molar-refractivity contribution in [3.8, 4) is 11.8 Å². The van der Waals surface area contributed by atoms with Crippen LogP contribution in [0.25, 0.3) is 0 Å². The molecule has 7 nitrogen and oxygen atoms in total. The van der Waals surface area contributed by atoms with Gasteiger partial charge in [-0.25, -0.2) is 9.97 Å². The second kappa shape index (κ2) is 8.43. The number of anilines is 1. The van der Waals surface area contributed by atoms with Crippen molar-refractivity contribution in [2.75, 3.05) is 11.9 Å². The average molecular weight is 407 g/mol. The van der Waals surface area contributed by atoms with Crippen LogP contribution in [0.2, 0.25) is 0 Å². The lowest BCUT2D eigenvalue weighted by atomic mass is 9.54. The molecule has 1 saturated carbocycles. The third kappa shape index (κ3) is 3.97. The van der Waals surface area contributed by atoms with E-state index < -0.39 is 11.0 Å². The van der Waals surface area contributed by atoms with E-state index in [1.807, 2.05) is 33.8 Å². The molecule has 2 atom stereocenters. The molecular weight excluding hydrogens is 380 g/mol. The van der Waals surface area contributed by atoms with Crippen LogP contribution < -0.4 is 15.8 Å². The maximum absolute atomic E-state index is 12.9. The summed E-state index contributed by atoms with van der Waals surface area (Å²) in [5.41, 5.74) is 6.60. The van der Waals surface area contributed by atoms with Crippen molar-refractivity contribution in [1.29, 1.82) is 0 Å². The van der Waals surface area contributed by atoms with Gasteiger partial charge in [0.1, 0.15) is 11.3 Å². The minimum atomic E-state index is -0.966. The Kier molecular flexibility index (Phi) is 6.64. The molecule has 152 valence electrons. The normalized spacial score (nSPS) is 22.5. The van der Waals surface area contributed by atoms with Gasteiger partial charge in [-0.15, -0.1) is 12.4 Å². The van der Waals surface area contributed by atoms with E-state index in [0.29, 0.717) is 24.5 Å². The molecule has 1 heterocycles. The number of aromatic nitrogens is 2. The van der Waals surface area contributed by atoms with Crippen molar-refractivity contribution in [2.45, 2.75) is 45.8 Å². The van der Waals surface area contributed by atoms with Gasteiger partial charge in [-0.05, 0) is 43.7 Å². The summed E-state index contributed by atoms with van der Waals surface area (Å²) in [6, 6.07) is 7.37. The molecule has 3 N–H and O–H groups in total. The molecule has 1 aliphatic rings. The number of ether oxygens (including phenoxy) is 2. The molecule has 1 aromatic carbocycles. The molecule has 0 saturated heterocycles. The summed E-state index contributed by atoms with van der Waals surface area (Å²) in [5, 5.41) is 2.96. The van der Waals surface area contributed by atoms with Gasteiger partial charge in [0.05, 0.1) is 6.10 Å². The number of nitrogens with zero attached hydrogens (tertiary/aromatic N) is 2. The predicted octanol–water partition coefficient (Wildman–Crippen LogP) is 3.47. The molecule has 3 rings (SSSR count). The number of nitrogens with one attached hydrogen (secondary N) is 1. The summed E-state index contributed by atoms with van der Waals surface area (Å²) in [5.74, 6) is 0.395. The first kappa shape index (κ1) is 22.1. The molecule has 1 aliphatic carbocycles. The van der Waals surface area contributed by atoms with Crippen LogP contribution in [-0.4, -0.2) is 34.1 Å². The Morgan fingerprint density at radius 3 is 2.57 bits per heavy atom. The lowest BCUT2D eigenvalue weighted by molar-refractivity contribution is -0.166. The second-order valence-electron chi connectivity index (χ2n) is 7.41. The third-order valence-corrected chi connectivity index (χ3v) is 5.43. The van der Waals surface area contributed by atoms with Crippen LogP contribution in [-0.2, 0) is 9.53 Å². The zero-order chi connectivity index (χ0) is 19.7. The van der Waals surface area contributed by atoms with E-state index in [1.165, 1.54) is 0 Å². The SMILES string of the molecule is CCOC1CC(N)(C(=O)Nc2ccc(Oc3ncccn3)cc2C)C1(C)C.Cl. The summed E-state index contributed by atoms with van der Waals surface area (Å²) in [4.78, 5) is 20.9. The van der Waals surface area contributed by atoms with Crippen molar-refractivity contribution < 1.29 is 14.3 Å². The highest BCUT2D eigenvalue weighted by Crippen LogP contribution is 2.50. The van der Waals surface area contributed by atoms with Crippen molar-refractivity contribution in [2.24, 2.45) is 11.1 Å². The lowest BCUT2D eigenvalue weighted by Gasteiger charge is -2.57. The van der Waals surface area contributed by atoms with Gasteiger partial charge in [-0.1, -0.05) is 13.8 Å². The zero-order valence-electron chi connectivity index (χ0n) is 16.6. The van der Waals surface area contributed by atoms with Gasteiger partial charge in [0, 0.05) is 36.5 Å². The minimum absolute atomic E-state index is 0. The monoisotopic (exact) mass is 406 g/mol. The fourth-order valence-electron chi connectivity index (χ4n) is 3.34. The lowest BCUT2D eigenvalue weighted by Crippen LogP contribution is -2.74. The van der Waals surface area contributed by atoms with Crippen molar-refractivity contribution in [3.05, 3.63) is 42.2 Å². The van der Waals surface area contributed by atoms with Crippen LogP contribution in [0.1, 0.15) is 32.8 Å². The maximum atomic E-state index is 12.9. The molecule has 2 unspecified atom stereocenters. The second-order valence-corrected chi connectivity index (χ2v) is 7.41. The molecule has 0 spiro atoms. The van der Waals surface area contributed by atoms with E-state index in [1.54, 1.807) is 30.6 Å². The highest BCUT2D eigenvalue weighted by molar-refractivity contribution is 6.00. The van der Waals surface area contributed by atoms with E-state index in [2.05, 4.69) is 15.3 Å². The van der Waals surface area contributed by atoms with Gasteiger partial charge >= 0.3 is 6.01 Å². The fraction of sp³-hybridized carbons (Fsp3) is 0.450. The molecule has 0 bridgehead atoms. The number of benzene rings is 1. The van der Waals surface area contributed by atoms with Gasteiger partial charge in [0.25, 0.3) is 0 Å². The number of carbonyl (C=O) groups excluding carboxylic acids is 1. The smallest absolute Gasteiger partial charge is 0.321 e. The van der Waals surface area contributed by atoms with Crippen molar-refractivity contribution >= 4 is 24.0 Å². The fourth-order valence-corrected chi connectivity index (χ4v) is 3.34. The van der Waals surface area contributed by atoms with Crippen LogP contribution in [0.15, 0.2) is 36.7 Å². The van der Waals surface area contributed by atoms with Crippen LogP contribution >= 0.6 is 12.4 Å². The number of hydrogen-bond donors (Lipinski definition) is 2. The van der Waals surface area contributed by atoms with E-state index in [-0.39, 0.29) is 30.4 Å². The highest BCUT2D eigenvalue weighted by Gasteiger charge is 2.62. The Balaban J connectivity index is 0.00000280. The van der Waals surface area contributed by atoms with Gasteiger partial charge in [-0.2, -0.15) is 0 Å². The number of amides is 1. The molecular formula is C20H27ClN4O3. The highest BCUT2D eigenvalue weighted by atomic mass is 35.5. The van der Waals surface area contributed by atoms with E-state index in [9.17, 15) is 4.79 Å². The summed E-state index contributed by atoms with van der Waals surface area (Å²) in [6.45, 7) is 8.39. The first-order valence-electron chi connectivity index (χ1n) is 9.05. The quantitative estimate of drug-likeness (QED) is 0.761. The number of carbonyl (C=O) groups is 1. The molecule has 28 heavy (non-hydrogen) atoms. The van der Waals surface area contributed by atoms with E-state index >= 15 is 0 Å². The van der Waals surface area contributed by atoms with Crippen LogP contribution in [0.4, 0.5) is 5.69 Å². The Morgan fingerprint density at radius 1 is 1.32 bits per heavy atom. The number of aryl methyl sites for hydroxylation is 1. The first-order valence-corrected chi connectivity index (χ1v) is 9.05. The van der Waals surface area contributed by atoms with Gasteiger partial charge < -0.3 is 20.5 Å². The summed E-state index contributed by atoms with van der Waals surface area (Å²) in [7, 11) is 0. The summed E-state index contributed by atoms with van der Waals surface area (Å²) < 4.78 is 11.3. The number of rotatable bonds is 6. The largest absolute Gasteiger partial charge is 0.424 e. The minimum Gasteiger partial charge on any atom is -0.424 e. The molecule has 1 aromatic heterocycles. The zero-order valence-corrected chi connectivity index (χ0v) is 17.4. The maximum Gasteiger partial charge on any atom is 0.321 e. The van der Waals surface area contributed by atoms with Crippen LogP contribution in [0, 0.1) is 12.3 Å². The number of hydrogen-bond acceptors (Lipinski definition) is 6. The van der Waals surface area contributed by atoms with Crippen LogP contribution in [0.5, 0.6) is 11.8 Å². The number of halogens is 1. The summed E-state index contributed by atoms with van der Waals surface area (Å²) >= 11 is 0. The Bertz CT molecular complexity index is 831. The van der Waals surface area contributed by atoms with E-state index in [4.69, 9.17) is 15.2 Å². The third-order valence-electron chi connectivity index (χ3n) is 5.43. The predicted molar refractivity (Wildman–Crippen MR) is 110 cm³/mol. The van der Waals surface area contributed by atoms with E-state index in [0.717, 1.165) is 5.56 Å². The number of nitrogens with two attached hydrogens (primary N) is 1. The molecule has 8 heteroatoms. The average Bonchev–Trinajstić information content (AvgIpc) is 2.64. The molecule has 2 aromatic rings. The van der Waals surface area contributed by atoms with Gasteiger partial charge in [0.15, 0.2) is 0 Å². The van der Waals surface area contributed by atoms with Crippen LogP contribution in [0.3, 0.4) is 0 Å². The van der Waals surface area contributed by atoms with Crippen molar-refractivity contribution in [1.82, 2.24) is 9.97 Å².